The molecule has 2 N–H and O–H groups in total. The van der Waals surface area contributed by atoms with Crippen LogP contribution in [0.1, 0.15) is 17.2 Å². The number of aromatic amines is 1. The van der Waals surface area contributed by atoms with Gasteiger partial charge < -0.3 is 14.6 Å². The number of aryl methyl sites for hydroxylation is 1. The van der Waals surface area contributed by atoms with Crippen LogP contribution in [0.15, 0.2) is 50.6 Å². The average Bonchev–Trinajstić information content (AvgIpc) is 3.00. The molecule has 29 heavy (non-hydrogen) atoms. The molecular weight excluding hydrogens is 396 g/mol. The zero-order valence-corrected chi connectivity index (χ0v) is 16.6. The lowest BCUT2D eigenvalue weighted by molar-refractivity contribution is 0.0250. The average molecular weight is 417 g/mol. The Morgan fingerprint density at radius 2 is 2.17 bits per heavy atom. The van der Waals surface area contributed by atoms with E-state index in [-0.39, 0.29) is 29.0 Å². The summed E-state index contributed by atoms with van der Waals surface area (Å²) in [6.45, 7) is 4.42. The summed E-state index contributed by atoms with van der Waals surface area (Å²) in [4.78, 5) is 26.6. The quantitative estimate of drug-likeness (QED) is 0.675. The number of benzene rings is 1. The summed E-state index contributed by atoms with van der Waals surface area (Å²) in [7, 11) is 0. The van der Waals surface area contributed by atoms with E-state index in [1.165, 1.54) is 0 Å². The van der Waals surface area contributed by atoms with Gasteiger partial charge in [-0.1, -0.05) is 28.9 Å². The predicted octanol–water partition coefficient (Wildman–Crippen LogP) is 2.13. The van der Waals surface area contributed by atoms with E-state index < -0.39 is 5.76 Å². The van der Waals surface area contributed by atoms with Crippen molar-refractivity contribution in [2.45, 2.75) is 19.6 Å². The largest absolute Gasteiger partial charge is 0.439 e. The minimum Gasteiger partial charge on any atom is -0.372 e. The van der Waals surface area contributed by atoms with Gasteiger partial charge in [0.05, 0.1) is 18.3 Å². The van der Waals surface area contributed by atoms with Gasteiger partial charge in [-0.05, 0) is 36.2 Å². The summed E-state index contributed by atoms with van der Waals surface area (Å²) < 4.78 is 12.3. The fourth-order valence-electron chi connectivity index (χ4n) is 3.62. The van der Waals surface area contributed by atoms with Crippen molar-refractivity contribution in [3.8, 4) is 11.4 Å². The minimum absolute atomic E-state index is 0.0161. The van der Waals surface area contributed by atoms with Crippen molar-refractivity contribution in [1.29, 1.82) is 0 Å². The molecule has 152 valence electrons. The fourth-order valence-corrected chi connectivity index (χ4v) is 3.74. The molecule has 0 radical (unpaired) electrons. The van der Waals surface area contributed by atoms with E-state index >= 15 is 0 Å². The number of H-pyrrole nitrogens is 1. The van der Waals surface area contributed by atoms with Gasteiger partial charge in [-0.2, -0.15) is 0 Å². The van der Waals surface area contributed by atoms with Gasteiger partial charge in [-0.25, -0.2) is 4.79 Å². The van der Waals surface area contributed by atoms with Crippen LogP contribution in [-0.2, 0) is 11.3 Å². The zero-order chi connectivity index (χ0) is 20.4. The molecule has 3 aromatic rings. The smallest absolute Gasteiger partial charge is 0.372 e. The maximum Gasteiger partial charge on any atom is 0.439 e. The Morgan fingerprint density at radius 3 is 2.93 bits per heavy atom. The summed E-state index contributed by atoms with van der Waals surface area (Å²) in [5.41, 5.74) is 2.04. The van der Waals surface area contributed by atoms with Crippen LogP contribution in [0.2, 0.25) is 5.02 Å². The Hall–Kier alpha value is -2.68. The van der Waals surface area contributed by atoms with Crippen molar-refractivity contribution in [3.05, 3.63) is 73.6 Å². The lowest BCUT2D eigenvalue weighted by atomic mass is 9.94. The lowest BCUT2D eigenvalue weighted by Crippen LogP contribution is -2.32. The second-order valence-electron chi connectivity index (χ2n) is 7.09. The van der Waals surface area contributed by atoms with Crippen LogP contribution in [0.5, 0.6) is 0 Å². The van der Waals surface area contributed by atoms with Crippen molar-refractivity contribution in [1.82, 2.24) is 20.0 Å². The molecule has 2 unspecified atom stereocenters. The second-order valence-corrected chi connectivity index (χ2v) is 7.49. The fraction of sp³-hybridized carbons (Fsp3) is 0.350. The molecule has 0 spiro atoms. The summed E-state index contributed by atoms with van der Waals surface area (Å²) in [5, 5.41) is 7.71. The first-order valence-electron chi connectivity index (χ1n) is 9.37. The van der Waals surface area contributed by atoms with Gasteiger partial charge in [0.25, 0.3) is 5.56 Å². The molecule has 0 bridgehead atoms. The van der Waals surface area contributed by atoms with E-state index in [9.17, 15) is 9.59 Å². The molecule has 0 aliphatic carbocycles. The number of nitrogens with zero attached hydrogens (tertiary/aromatic N) is 2. The van der Waals surface area contributed by atoms with Crippen LogP contribution in [0, 0.1) is 12.8 Å². The van der Waals surface area contributed by atoms with Crippen LogP contribution in [0.3, 0.4) is 0 Å². The van der Waals surface area contributed by atoms with Gasteiger partial charge in [-0.3, -0.25) is 14.3 Å². The molecule has 0 amide bonds. The third-order valence-electron chi connectivity index (χ3n) is 5.07. The van der Waals surface area contributed by atoms with Crippen molar-refractivity contribution in [2.75, 3.05) is 19.7 Å². The number of hydrogen-bond acceptors (Lipinski definition) is 6. The topological polar surface area (TPSA) is 102 Å². The molecule has 1 fully saturated rings. The van der Waals surface area contributed by atoms with Gasteiger partial charge in [0.2, 0.25) is 0 Å². The highest BCUT2D eigenvalue weighted by Gasteiger charge is 2.27. The standard InChI is InChI=1S/C20H21ClN4O4/c1-12-9-13(4-5-16(12)21)17-14(10-22-6-8-28-17)11-25-7-2-3-15(19(25)26)18-23-20(27)29-24-18/h2-5,7,9,14,17,22H,6,8,10-11H2,1H3,(H,23,24,27). The van der Waals surface area contributed by atoms with Crippen molar-refractivity contribution < 1.29 is 9.26 Å². The number of hydrogen-bond donors (Lipinski definition) is 2. The normalized spacial score (nSPS) is 19.8. The maximum absolute atomic E-state index is 13.0. The van der Waals surface area contributed by atoms with E-state index in [0.29, 0.717) is 24.7 Å². The number of aromatic nitrogens is 3. The monoisotopic (exact) mass is 416 g/mol. The van der Waals surface area contributed by atoms with Gasteiger partial charge in [-0.15, -0.1) is 0 Å². The molecular formula is C20H21ClN4O4. The van der Waals surface area contributed by atoms with E-state index in [4.69, 9.17) is 16.3 Å². The molecule has 1 aliphatic rings. The maximum atomic E-state index is 13.0. The number of rotatable bonds is 4. The highest BCUT2D eigenvalue weighted by molar-refractivity contribution is 6.31. The van der Waals surface area contributed by atoms with Gasteiger partial charge in [0.15, 0.2) is 5.82 Å². The van der Waals surface area contributed by atoms with Crippen LogP contribution < -0.4 is 16.6 Å². The van der Waals surface area contributed by atoms with E-state index in [0.717, 1.165) is 17.7 Å². The predicted molar refractivity (Wildman–Crippen MR) is 108 cm³/mol. The van der Waals surface area contributed by atoms with Gasteiger partial charge in [0, 0.05) is 36.8 Å². The zero-order valence-electron chi connectivity index (χ0n) is 15.9. The highest BCUT2D eigenvalue weighted by Crippen LogP contribution is 2.31. The lowest BCUT2D eigenvalue weighted by Gasteiger charge is -2.26. The number of ether oxygens (including phenoxy) is 1. The molecule has 4 rings (SSSR count). The van der Waals surface area contributed by atoms with Crippen molar-refractivity contribution >= 4 is 11.6 Å². The van der Waals surface area contributed by atoms with E-state index in [2.05, 4.69) is 20.0 Å². The highest BCUT2D eigenvalue weighted by atomic mass is 35.5. The molecule has 9 heteroatoms. The Bertz CT molecular complexity index is 1120. The molecule has 2 atom stereocenters. The van der Waals surface area contributed by atoms with Crippen LogP contribution in [0.4, 0.5) is 0 Å². The van der Waals surface area contributed by atoms with Crippen molar-refractivity contribution in [2.24, 2.45) is 5.92 Å². The van der Waals surface area contributed by atoms with Gasteiger partial charge >= 0.3 is 5.76 Å². The minimum atomic E-state index is -0.700. The molecule has 3 heterocycles. The first-order chi connectivity index (χ1) is 14.0. The van der Waals surface area contributed by atoms with Gasteiger partial charge in [0.1, 0.15) is 0 Å². The molecule has 8 nitrogen and oxygen atoms in total. The van der Waals surface area contributed by atoms with E-state index in [1.807, 2.05) is 25.1 Å². The Morgan fingerprint density at radius 1 is 1.31 bits per heavy atom. The van der Waals surface area contributed by atoms with Crippen LogP contribution in [0.25, 0.3) is 11.4 Å². The molecule has 2 aromatic heterocycles. The summed E-state index contributed by atoms with van der Waals surface area (Å²) in [6, 6.07) is 9.23. The third kappa shape index (κ3) is 4.19. The number of halogens is 1. The van der Waals surface area contributed by atoms with Crippen LogP contribution in [-0.4, -0.2) is 34.4 Å². The number of pyridine rings is 1. The van der Waals surface area contributed by atoms with E-state index in [1.54, 1.807) is 22.9 Å². The Kier molecular flexibility index (Phi) is 5.66. The molecule has 1 aromatic carbocycles. The number of nitrogens with one attached hydrogen (secondary N) is 2. The Balaban J connectivity index is 1.66. The summed E-state index contributed by atoms with van der Waals surface area (Å²) in [5.74, 6) is -0.564. The molecule has 1 aliphatic heterocycles. The third-order valence-corrected chi connectivity index (χ3v) is 5.49. The second kappa shape index (κ2) is 8.36. The first-order valence-corrected chi connectivity index (χ1v) is 9.75. The summed E-state index contributed by atoms with van der Waals surface area (Å²) >= 11 is 6.18. The molecule has 1 saturated heterocycles. The van der Waals surface area contributed by atoms with Crippen molar-refractivity contribution in [3.63, 3.8) is 0 Å². The Labute approximate surface area is 171 Å². The SMILES string of the molecule is Cc1cc(C2OCCNCC2Cn2cccc(-c3noc(=O)[nH]3)c2=O)ccc1Cl. The van der Waals surface area contributed by atoms with Crippen LogP contribution >= 0.6 is 11.6 Å². The molecule has 0 saturated carbocycles. The first kappa shape index (κ1) is 19.6. The summed E-state index contributed by atoms with van der Waals surface area (Å²) in [6.07, 6.45) is 1.54.